The van der Waals surface area contributed by atoms with Gasteiger partial charge in [0, 0.05) is 38.6 Å². The topological polar surface area (TPSA) is 99.7 Å². The Morgan fingerprint density at radius 1 is 1.24 bits per heavy atom. The maximum Gasteiger partial charge on any atom is 0.320 e. The molecule has 10 heteroatoms. The smallest absolute Gasteiger partial charge is 0.320 e. The minimum atomic E-state index is -0.292. The molecule has 0 saturated carbocycles. The molecular formula is C23H25N7O3. The lowest BCUT2D eigenvalue weighted by Gasteiger charge is -2.39. The van der Waals surface area contributed by atoms with Gasteiger partial charge in [-0.25, -0.2) is 0 Å². The van der Waals surface area contributed by atoms with Crippen molar-refractivity contribution in [1.29, 1.82) is 0 Å². The molecular weight excluding hydrogens is 422 g/mol. The van der Waals surface area contributed by atoms with Gasteiger partial charge >= 0.3 is 6.01 Å². The first-order valence-corrected chi connectivity index (χ1v) is 10.8. The highest BCUT2D eigenvalue weighted by Gasteiger charge is 2.35. The van der Waals surface area contributed by atoms with E-state index in [2.05, 4.69) is 48.9 Å². The molecule has 1 amide bonds. The average Bonchev–Trinajstić information content (AvgIpc) is 3.33. The molecule has 0 spiro atoms. The molecule has 1 aromatic carbocycles. The molecule has 0 aliphatic carbocycles. The molecule has 2 aromatic heterocycles. The number of aryl methyl sites for hydroxylation is 1. The number of aromatic amines is 1. The maximum absolute atomic E-state index is 11.8. The van der Waals surface area contributed by atoms with Gasteiger partial charge in [-0.1, -0.05) is 6.07 Å². The summed E-state index contributed by atoms with van der Waals surface area (Å²) >= 11 is 0. The van der Waals surface area contributed by atoms with Gasteiger partial charge in [0.1, 0.15) is 6.61 Å². The Labute approximate surface area is 191 Å². The molecule has 4 heterocycles. The number of amides is 1. The van der Waals surface area contributed by atoms with Gasteiger partial charge in [0.05, 0.1) is 24.9 Å². The van der Waals surface area contributed by atoms with Crippen LogP contribution in [-0.4, -0.2) is 77.9 Å². The molecule has 5 rings (SSSR count). The standard InChI is InChI=1S/C23H25N7O3/c1-5-18(31)29-8-10-30(11-9-29)22-20-21(25-23(26-22)32-4)28(3)17(13-33-20)19-14(2)6-7-16-15(19)12-24-27-16/h1,6-7,12,17H,8-11,13H2,2-4H3,(H,24,27). The van der Waals surface area contributed by atoms with E-state index in [1.807, 2.05) is 19.3 Å². The van der Waals surface area contributed by atoms with E-state index < -0.39 is 0 Å². The number of terminal acetylenes is 1. The number of nitrogens with zero attached hydrogens (tertiary/aromatic N) is 6. The van der Waals surface area contributed by atoms with E-state index in [1.165, 1.54) is 0 Å². The third kappa shape index (κ3) is 3.46. The summed E-state index contributed by atoms with van der Waals surface area (Å²) in [4.78, 5) is 26.9. The lowest BCUT2D eigenvalue weighted by Crippen LogP contribution is -2.49. The van der Waals surface area contributed by atoms with E-state index in [4.69, 9.17) is 15.9 Å². The summed E-state index contributed by atoms with van der Waals surface area (Å²) in [6, 6.07) is 4.33. The number of aromatic nitrogens is 4. The van der Waals surface area contributed by atoms with Gasteiger partial charge in [0.15, 0.2) is 11.6 Å². The minimum Gasteiger partial charge on any atom is -0.484 e. The van der Waals surface area contributed by atoms with Crippen LogP contribution in [-0.2, 0) is 4.79 Å². The van der Waals surface area contributed by atoms with Crippen LogP contribution in [0.2, 0.25) is 0 Å². The molecule has 1 N–H and O–H groups in total. The highest BCUT2D eigenvalue weighted by atomic mass is 16.5. The van der Waals surface area contributed by atoms with Crippen molar-refractivity contribution in [2.75, 3.05) is 56.7 Å². The zero-order valence-corrected chi connectivity index (χ0v) is 18.8. The van der Waals surface area contributed by atoms with Gasteiger partial charge in [-0.3, -0.25) is 9.89 Å². The van der Waals surface area contributed by atoms with Crippen molar-refractivity contribution in [2.24, 2.45) is 0 Å². The predicted molar refractivity (Wildman–Crippen MR) is 124 cm³/mol. The molecule has 1 atom stereocenters. The third-order valence-electron chi connectivity index (χ3n) is 6.39. The fraction of sp³-hybridized carbons (Fsp3) is 0.391. The molecule has 1 saturated heterocycles. The van der Waals surface area contributed by atoms with Crippen LogP contribution < -0.4 is 19.3 Å². The number of hydrogen-bond donors (Lipinski definition) is 1. The van der Waals surface area contributed by atoms with Gasteiger partial charge in [-0.2, -0.15) is 15.1 Å². The van der Waals surface area contributed by atoms with Crippen molar-refractivity contribution in [1.82, 2.24) is 25.1 Å². The number of hydrogen-bond acceptors (Lipinski definition) is 8. The van der Waals surface area contributed by atoms with Crippen LogP contribution in [0.1, 0.15) is 17.2 Å². The Morgan fingerprint density at radius 3 is 2.73 bits per heavy atom. The molecule has 0 bridgehead atoms. The lowest BCUT2D eigenvalue weighted by atomic mass is 9.96. The fourth-order valence-corrected chi connectivity index (χ4v) is 4.58. The molecule has 170 valence electrons. The van der Waals surface area contributed by atoms with Gasteiger partial charge in [0.2, 0.25) is 5.75 Å². The average molecular weight is 447 g/mol. The summed E-state index contributed by atoms with van der Waals surface area (Å²) in [5, 5.41) is 8.33. The fourth-order valence-electron chi connectivity index (χ4n) is 4.58. The molecule has 1 unspecified atom stereocenters. The maximum atomic E-state index is 11.8. The van der Waals surface area contributed by atoms with Gasteiger partial charge in [0.25, 0.3) is 5.91 Å². The first-order chi connectivity index (χ1) is 16.0. The first-order valence-electron chi connectivity index (χ1n) is 10.8. The first kappa shape index (κ1) is 20.9. The van der Waals surface area contributed by atoms with Crippen LogP contribution >= 0.6 is 0 Å². The molecule has 0 radical (unpaired) electrons. The minimum absolute atomic E-state index is 0.0589. The number of carbonyl (C=O) groups is 1. The van der Waals surface area contributed by atoms with Gasteiger partial charge in [-0.15, -0.1) is 6.42 Å². The summed E-state index contributed by atoms with van der Waals surface area (Å²) in [5.74, 6) is 3.83. The number of anilines is 2. The SMILES string of the molecule is C#CC(=O)N1CCN(c2nc(OC)nc3c2OCC(c2c(C)ccc4[nH]ncc24)N3C)CC1. The van der Waals surface area contributed by atoms with Crippen LogP contribution in [0.25, 0.3) is 10.9 Å². The van der Waals surface area contributed by atoms with Gasteiger partial charge in [-0.05, 0) is 30.0 Å². The summed E-state index contributed by atoms with van der Waals surface area (Å²) in [7, 11) is 3.55. The molecule has 3 aromatic rings. The lowest BCUT2D eigenvalue weighted by molar-refractivity contribution is -0.125. The van der Waals surface area contributed by atoms with E-state index in [9.17, 15) is 4.79 Å². The summed E-state index contributed by atoms with van der Waals surface area (Å²) in [6.45, 7) is 4.74. The number of nitrogens with one attached hydrogen (secondary N) is 1. The zero-order valence-electron chi connectivity index (χ0n) is 18.8. The Kier molecular flexibility index (Phi) is 5.17. The number of methoxy groups -OCH3 is 1. The Bertz CT molecular complexity index is 1260. The van der Waals surface area contributed by atoms with Crippen LogP contribution in [0.3, 0.4) is 0 Å². The number of H-pyrrole nitrogens is 1. The molecule has 2 aliphatic heterocycles. The zero-order chi connectivity index (χ0) is 23.1. The number of fused-ring (bicyclic) bond motifs is 2. The largest absolute Gasteiger partial charge is 0.484 e. The summed E-state index contributed by atoms with van der Waals surface area (Å²) in [6.07, 6.45) is 7.12. The quantitative estimate of drug-likeness (QED) is 0.604. The van der Waals surface area contributed by atoms with Crippen LogP contribution in [0, 0.1) is 19.3 Å². The van der Waals surface area contributed by atoms with Crippen LogP contribution in [0.5, 0.6) is 11.8 Å². The van der Waals surface area contributed by atoms with E-state index in [0.29, 0.717) is 50.2 Å². The second-order valence-corrected chi connectivity index (χ2v) is 8.18. The second-order valence-electron chi connectivity index (χ2n) is 8.18. The highest BCUT2D eigenvalue weighted by molar-refractivity contribution is 5.93. The van der Waals surface area contributed by atoms with Crippen molar-refractivity contribution in [3.05, 3.63) is 29.5 Å². The highest BCUT2D eigenvalue weighted by Crippen LogP contribution is 2.45. The Balaban J connectivity index is 1.51. The van der Waals surface area contributed by atoms with Gasteiger partial charge < -0.3 is 24.2 Å². The number of rotatable bonds is 3. The van der Waals surface area contributed by atoms with E-state index in [-0.39, 0.29) is 18.0 Å². The van der Waals surface area contributed by atoms with Crippen molar-refractivity contribution < 1.29 is 14.3 Å². The number of benzene rings is 1. The predicted octanol–water partition coefficient (Wildman–Crippen LogP) is 1.52. The van der Waals surface area contributed by atoms with Crippen LogP contribution in [0.4, 0.5) is 11.6 Å². The van der Waals surface area contributed by atoms with Crippen molar-refractivity contribution >= 4 is 28.4 Å². The van der Waals surface area contributed by atoms with E-state index in [0.717, 1.165) is 22.0 Å². The number of piperazine rings is 1. The number of likely N-dealkylation sites (N-methyl/N-ethyl adjacent to an activating group) is 1. The van der Waals surface area contributed by atoms with E-state index in [1.54, 1.807) is 12.0 Å². The summed E-state index contributed by atoms with van der Waals surface area (Å²) < 4.78 is 11.7. The molecule has 33 heavy (non-hydrogen) atoms. The molecule has 1 fully saturated rings. The molecule has 10 nitrogen and oxygen atoms in total. The normalized spacial score (nSPS) is 18.0. The third-order valence-corrected chi connectivity index (χ3v) is 6.39. The summed E-state index contributed by atoms with van der Waals surface area (Å²) in [5.41, 5.74) is 3.29. The number of ether oxygens (including phenoxy) is 2. The van der Waals surface area contributed by atoms with Crippen LogP contribution in [0.15, 0.2) is 18.3 Å². The van der Waals surface area contributed by atoms with Crippen molar-refractivity contribution in [3.63, 3.8) is 0 Å². The van der Waals surface area contributed by atoms with Crippen molar-refractivity contribution in [3.8, 4) is 24.1 Å². The van der Waals surface area contributed by atoms with Crippen molar-refractivity contribution in [2.45, 2.75) is 13.0 Å². The molecule has 2 aliphatic rings. The second kappa shape index (κ2) is 8.16. The van der Waals surface area contributed by atoms with E-state index >= 15 is 0 Å². The Hall–Kier alpha value is -4.00. The monoisotopic (exact) mass is 447 g/mol. The Morgan fingerprint density at radius 2 is 2.00 bits per heavy atom. The number of carbonyl (C=O) groups excluding carboxylic acids is 1.